The van der Waals surface area contributed by atoms with Crippen molar-refractivity contribution in [1.29, 1.82) is 0 Å². The standard InChI is InChI=1S/C25H29N5O/c1-2-7-27-21-12-22-5-6-23(13-21)30(22)25(31)14-20-11-19-10-17(3-4-18(19)15-29-20)24-16-26-8-9-28-24/h3-4,8-11,15-16,21-23,27H,2,5-7,12-14H2,1H3/t21?,22-,23+. The Bertz CT molecular complexity index is 1060. The van der Waals surface area contributed by atoms with Crippen LogP contribution in [0.25, 0.3) is 22.0 Å². The molecule has 1 aromatic carbocycles. The molecule has 0 radical (unpaired) electrons. The second-order valence-corrected chi connectivity index (χ2v) is 8.81. The highest BCUT2D eigenvalue weighted by molar-refractivity contribution is 5.87. The lowest BCUT2D eigenvalue weighted by atomic mass is 9.96. The molecule has 4 heterocycles. The third-order valence-electron chi connectivity index (χ3n) is 6.67. The number of rotatable bonds is 6. The number of amides is 1. The fraction of sp³-hybridized carbons (Fsp3) is 0.440. The number of nitrogens with zero attached hydrogens (tertiary/aromatic N) is 4. The van der Waals surface area contributed by atoms with Gasteiger partial charge in [0.2, 0.25) is 5.91 Å². The highest BCUT2D eigenvalue weighted by Crippen LogP contribution is 2.36. The summed E-state index contributed by atoms with van der Waals surface area (Å²) in [5, 5.41) is 5.80. The highest BCUT2D eigenvalue weighted by atomic mass is 16.2. The molecule has 2 bridgehead atoms. The van der Waals surface area contributed by atoms with E-state index in [1.54, 1.807) is 18.6 Å². The van der Waals surface area contributed by atoms with Crippen molar-refractivity contribution in [3.63, 3.8) is 0 Å². The Morgan fingerprint density at radius 3 is 2.65 bits per heavy atom. The number of carbonyl (C=O) groups excluding carboxylic acids is 1. The van der Waals surface area contributed by atoms with Crippen molar-refractivity contribution in [2.45, 2.75) is 63.6 Å². The predicted octanol–water partition coefficient (Wildman–Crippen LogP) is 3.76. The lowest BCUT2D eigenvalue weighted by Crippen LogP contribution is -2.52. The molecule has 2 aromatic heterocycles. The molecule has 1 unspecified atom stereocenters. The van der Waals surface area contributed by atoms with E-state index in [1.807, 2.05) is 24.4 Å². The van der Waals surface area contributed by atoms with Crippen LogP contribution in [0, 0.1) is 0 Å². The summed E-state index contributed by atoms with van der Waals surface area (Å²) in [5.74, 6) is 0.221. The molecule has 31 heavy (non-hydrogen) atoms. The van der Waals surface area contributed by atoms with Crippen LogP contribution in [0.2, 0.25) is 0 Å². The quantitative estimate of drug-likeness (QED) is 0.664. The Kier molecular flexibility index (Phi) is 5.64. The molecule has 6 heteroatoms. The number of piperidine rings is 1. The summed E-state index contributed by atoms with van der Waals surface area (Å²) in [7, 11) is 0. The lowest BCUT2D eigenvalue weighted by Gasteiger charge is -2.39. The maximum atomic E-state index is 13.2. The van der Waals surface area contributed by atoms with E-state index in [-0.39, 0.29) is 5.91 Å². The smallest absolute Gasteiger partial charge is 0.229 e. The van der Waals surface area contributed by atoms with Crippen LogP contribution >= 0.6 is 0 Å². The van der Waals surface area contributed by atoms with Gasteiger partial charge in [-0.2, -0.15) is 0 Å². The third kappa shape index (κ3) is 4.17. The van der Waals surface area contributed by atoms with Gasteiger partial charge in [0.15, 0.2) is 0 Å². The molecule has 0 aliphatic carbocycles. The first kappa shape index (κ1) is 20.1. The minimum atomic E-state index is 0.221. The predicted molar refractivity (Wildman–Crippen MR) is 121 cm³/mol. The second kappa shape index (κ2) is 8.71. The van der Waals surface area contributed by atoms with Crippen molar-refractivity contribution in [2.24, 2.45) is 0 Å². The fourth-order valence-electron chi connectivity index (χ4n) is 5.24. The molecule has 5 rings (SSSR count). The van der Waals surface area contributed by atoms with Crippen LogP contribution in [-0.4, -0.2) is 50.4 Å². The summed E-state index contributed by atoms with van der Waals surface area (Å²) >= 11 is 0. The van der Waals surface area contributed by atoms with Crippen LogP contribution in [0.4, 0.5) is 0 Å². The molecular weight excluding hydrogens is 386 g/mol. The van der Waals surface area contributed by atoms with E-state index in [0.29, 0.717) is 24.5 Å². The third-order valence-corrected chi connectivity index (χ3v) is 6.67. The van der Waals surface area contributed by atoms with E-state index in [0.717, 1.165) is 66.4 Å². The van der Waals surface area contributed by atoms with Crippen molar-refractivity contribution in [3.05, 3.63) is 54.7 Å². The molecule has 3 aromatic rings. The molecule has 1 amide bonds. The van der Waals surface area contributed by atoms with E-state index in [1.165, 1.54) is 0 Å². The van der Waals surface area contributed by atoms with Crippen LogP contribution < -0.4 is 5.32 Å². The van der Waals surface area contributed by atoms with Crippen LogP contribution in [-0.2, 0) is 11.2 Å². The summed E-state index contributed by atoms with van der Waals surface area (Å²) in [5.41, 5.74) is 2.69. The second-order valence-electron chi connectivity index (χ2n) is 8.81. The molecular formula is C25H29N5O. The zero-order chi connectivity index (χ0) is 21.2. The zero-order valence-electron chi connectivity index (χ0n) is 18.0. The average molecular weight is 416 g/mol. The summed E-state index contributed by atoms with van der Waals surface area (Å²) < 4.78 is 0. The lowest BCUT2D eigenvalue weighted by molar-refractivity contribution is -0.135. The normalized spacial score (nSPS) is 22.7. The van der Waals surface area contributed by atoms with Gasteiger partial charge in [-0.25, -0.2) is 0 Å². The van der Waals surface area contributed by atoms with Gasteiger partial charge in [-0.3, -0.25) is 19.7 Å². The SMILES string of the molecule is CCCNC1C[C@H]2CC[C@@H](C1)N2C(=O)Cc1cc2cc(-c3cnccn3)ccc2cn1. The number of hydrogen-bond donors (Lipinski definition) is 1. The van der Waals surface area contributed by atoms with Gasteiger partial charge in [0.05, 0.1) is 24.0 Å². The molecule has 0 saturated carbocycles. The first-order chi connectivity index (χ1) is 15.2. The Morgan fingerprint density at radius 1 is 1.06 bits per heavy atom. The molecule has 1 N–H and O–H groups in total. The van der Waals surface area contributed by atoms with E-state index < -0.39 is 0 Å². The van der Waals surface area contributed by atoms with Crippen LogP contribution in [0.1, 0.15) is 44.7 Å². The van der Waals surface area contributed by atoms with Crippen molar-refractivity contribution in [3.8, 4) is 11.3 Å². The van der Waals surface area contributed by atoms with Crippen molar-refractivity contribution >= 4 is 16.7 Å². The molecule has 2 aliphatic heterocycles. The number of aromatic nitrogens is 3. The average Bonchev–Trinajstić information content (AvgIpc) is 3.08. The van der Waals surface area contributed by atoms with Gasteiger partial charge >= 0.3 is 0 Å². The number of pyridine rings is 1. The number of carbonyl (C=O) groups is 1. The van der Waals surface area contributed by atoms with Crippen LogP contribution in [0.5, 0.6) is 0 Å². The minimum absolute atomic E-state index is 0.221. The van der Waals surface area contributed by atoms with Crippen molar-refractivity contribution in [1.82, 2.24) is 25.2 Å². The number of benzene rings is 1. The minimum Gasteiger partial charge on any atom is -0.336 e. The molecule has 2 fully saturated rings. The summed E-state index contributed by atoms with van der Waals surface area (Å²) in [6.07, 6.45) is 12.9. The van der Waals surface area contributed by atoms with Gasteiger partial charge < -0.3 is 10.2 Å². The van der Waals surface area contributed by atoms with Gasteiger partial charge in [-0.05, 0) is 56.2 Å². The molecule has 6 nitrogen and oxygen atoms in total. The van der Waals surface area contributed by atoms with Gasteiger partial charge in [-0.1, -0.05) is 19.1 Å². The van der Waals surface area contributed by atoms with Crippen LogP contribution in [0.3, 0.4) is 0 Å². The Hall–Kier alpha value is -2.86. The first-order valence-corrected chi connectivity index (χ1v) is 11.4. The van der Waals surface area contributed by atoms with Crippen molar-refractivity contribution < 1.29 is 4.79 Å². The van der Waals surface area contributed by atoms with Gasteiger partial charge in [0.1, 0.15) is 0 Å². The summed E-state index contributed by atoms with van der Waals surface area (Å²) in [6, 6.07) is 9.54. The summed E-state index contributed by atoms with van der Waals surface area (Å²) in [4.78, 5) is 28.5. The van der Waals surface area contributed by atoms with Gasteiger partial charge in [-0.15, -0.1) is 0 Å². The Balaban J connectivity index is 1.32. The highest BCUT2D eigenvalue weighted by Gasteiger charge is 2.42. The maximum absolute atomic E-state index is 13.2. The Morgan fingerprint density at radius 2 is 1.90 bits per heavy atom. The summed E-state index contributed by atoms with van der Waals surface area (Å²) in [6.45, 7) is 3.27. The Labute approximate surface area is 183 Å². The van der Waals surface area contributed by atoms with Crippen molar-refractivity contribution in [2.75, 3.05) is 6.54 Å². The maximum Gasteiger partial charge on any atom is 0.229 e. The topological polar surface area (TPSA) is 71.0 Å². The number of fused-ring (bicyclic) bond motifs is 3. The van der Waals surface area contributed by atoms with Gasteiger partial charge in [0.25, 0.3) is 0 Å². The fourth-order valence-corrected chi connectivity index (χ4v) is 5.24. The molecule has 160 valence electrons. The monoisotopic (exact) mass is 415 g/mol. The van der Waals surface area contributed by atoms with E-state index in [9.17, 15) is 4.79 Å². The van der Waals surface area contributed by atoms with Gasteiger partial charge in [0, 0.05) is 47.7 Å². The number of hydrogen-bond acceptors (Lipinski definition) is 5. The largest absolute Gasteiger partial charge is 0.336 e. The van der Waals surface area contributed by atoms with Crippen LogP contribution in [0.15, 0.2) is 49.1 Å². The zero-order valence-corrected chi connectivity index (χ0v) is 18.0. The van der Waals surface area contributed by atoms with E-state index in [4.69, 9.17) is 0 Å². The molecule has 3 atom stereocenters. The van der Waals surface area contributed by atoms with E-state index in [2.05, 4.69) is 38.2 Å². The van der Waals surface area contributed by atoms with E-state index >= 15 is 0 Å². The first-order valence-electron chi connectivity index (χ1n) is 11.4. The molecule has 2 saturated heterocycles. The number of nitrogens with one attached hydrogen (secondary N) is 1. The molecule has 0 spiro atoms. The molecule has 2 aliphatic rings.